The Hall–Kier alpha value is -0.580. The van der Waals surface area contributed by atoms with E-state index in [4.69, 9.17) is 11.6 Å². The van der Waals surface area contributed by atoms with Crippen LogP contribution in [-0.4, -0.2) is 22.2 Å². The average Bonchev–Trinajstić information content (AvgIpc) is 2.85. The van der Waals surface area contributed by atoms with Crippen LogP contribution < -0.4 is 0 Å². The molecule has 90 valence electrons. The molecule has 0 saturated heterocycles. The van der Waals surface area contributed by atoms with Crippen LogP contribution in [-0.2, 0) is 6.42 Å². The fourth-order valence-electron chi connectivity index (χ4n) is 1.42. The predicted octanol–water partition coefficient (Wildman–Crippen LogP) is 3.77. The summed E-state index contributed by atoms with van der Waals surface area (Å²) in [5, 5.41) is 10.1. The van der Waals surface area contributed by atoms with E-state index in [-0.39, 0.29) is 5.38 Å². The summed E-state index contributed by atoms with van der Waals surface area (Å²) in [6.45, 7) is 0. The fourth-order valence-corrected chi connectivity index (χ4v) is 3.12. The van der Waals surface area contributed by atoms with Crippen molar-refractivity contribution in [1.29, 1.82) is 0 Å². The van der Waals surface area contributed by atoms with E-state index in [1.165, 1.54) is 0 Å². The van der Waals surface area contributed by atoms with Crippen LogP contribution in [0.2, 0.25) is 0 Å². The van der Waals surface area contributed by atoms with Gasteiger partial charge in [-0.05, 0) is 17.6 Å². The van der Waals surface area contributed by atoms with E-state index in [0.717, 1.165) is 27.8 Å². The lowest BCUT2D eigenvalue weighted by Gasteiger charge is -2.04. The van der Waals surface area contributed by atoms with Crippen LogP contribution in [0.1, 0.15) is 21.0 Å². The Labute approximate surface area is 114 Å². The summed E-state index contributed by atoms with van der Waals surface area (Å²) in [5.41, 5.74) is 1.07. The molecule has 0 aliphatic carbocycles. The minimum absolute atomic E-state index is 0.184. The van der Waals surface area contributed by atoms with Crippen LogP contribution in [0.4, 0.5) is 0 Å². The van der Waals surface area contributed by atoms with Crippen molar-refractivity contribution in [2.75, 3.05) is 12.0 Å². The third kappa shape index (κ3) is 3.44. The van der Waals surface area contributed by atoms with Gasteiger partial charge in [0.2, 0.25) is 0 Å². The monoisotopic (exact) mass is 284 g/mol. The molecule has 0 aliphatic rings. The number of aromatic nitrogens is 2. The third-order valence-electron chi connectivity index (χ3n) is 2.31. The Morgan fingerprint density at radius 1 is 1.29 bits per heavy atom. The topological polar surface area (TPSA) is 25.8 Å². The molecule has 0 spiro atoms. The van der Waals surface area contributed by atoms with Crippen LogP contribution in [0.3, 0.4) is 0 Å². The van der Waals surface area contributed by atoms with Crippen LogP contribution in [0.15, 0.2) is 30.3 Å². The van der Waals surface area contributed by atoms with Crippen molar-refractivity contribution in [3.63, 3.8) is 0 Å². The van der Waals surface area contributed by atoms with E-state index < -0.39 is 0 Å². The molecule has 0 saturated carbocycles. The molecule has 0 bridgehead atoms. The summed E-state index contributed by atoms with van der Waals surface area (Å²) < 4.78 is 0. The highest BCUT2D eigenvalue weighted by molar-refractivity contribution is 7.98. The molecule has 1 aromatic carbocycles. The molecule has 0 fully saturated rings. The lowest BCUT2D eigenvalue weighted by Crippen LogP contribution is -1.91. The van der Waals surface area contributed by atoms with Crippen molar-refractivity contribution in [3.05, 3.63) is 45.9 Å². The van der Waals surface area contributed by atoms with Gasteiger partial charge in [0.1, 0.15) is 15.4 Å². The van der Waals surface area contributed by atoms with Crippen LogP contribution in [0.5, 0.6) is 0 Å². The van der Waals surface area contributed by atoms with Gasteiger partial charge in [-0.2, -0.15) is 11.8 Å². The first-order valence-corrected chi connectivity index (χ1v) is 7.96. The second-order valence-electron chi connectivity index (χ2n) is 3.55. The highest BCUT2D eigenvalue weighted by Gasteiger charge is 2.15. The molecule has 1 aromatic heterocycles. The number of nitrogens with zero attached hydrogens (tertiary/aromatic N) is 2. The minimum atomic E-state index is -0.184. The Morgan fingerprint density at radius 3 is 2.76 bits per heavy atom. The highest BCUT2D eigenvalue weighted by Crippen LogP contribution is 2.30. The first-order valence-electron chi connectivity index (χ1n) is 5.31. The maximum absolute atomic E-state index is 6.38. The van der Waals surface area contributed by atoms with Gasteiger partial charge < -0.3 is 0 Å². The number of halogens is 1. The molecule has 1 heterocycles. The normalized spacial score (nSPS) is 12.6. The van der Waals surface area contributed by atoms with E-state index >= 15 is 0 Å². The Kier molecular flexibility index (Phi) is 4.83. The number of aryl methyl sites for hydroxylation is 1. The zero-order valence-corrected chi connectivity index (χ0v) is 11.9. The lowest BCUT2D eigenvalue weighted by molar-refractivity contribution is 0.940. The molecule has 2 rings (SSSR count). The number of rotatable bonds is 5. The van der Waals surface area contributed by atoms with Crippen molar-refractivity contribution >= 4 is 34.7 Å². The second kappa shape index (κ2) is 6.38. The predicted molar refractivity (Wildman–Crippen MR) is 76.1 cm³/mol. The van der Waals surface area contributed by atoms with Gasteiger partial charge in [-0.1, -0.05) is 41.7 Å². The second-order valence-corrected chi connectivity index (χ2v) is 6.07. The van der Waals surface area contributed by atoms with Gasteiger partial charge in [0, 0.05) is 6.42 Å². The van der Waals surface area contributed by atoms with Gasteiger partial charge in [-0.3, -0.25) is 0 Å². The molecule has 5 heteroatoms. The largest absolute Gasteiger partial charge is 0.165 e. The third-order valence-corrected chi connectivity index (χ3v) is 4.56. The molecule has 0 aliphatic heterocycles. The minimum Gasteiger partial charge on any atom is -0.165 e. The maximum atomic E-state index is 6.38. The molecule has 0 radical (unpaired) electrons. The summed E-state index contributed by atoms with van der Waals surface area (Å²) in [4.78, 5) is 0. The number of benzene rings is 1. The van der Waals surface area contributed by atoms with Crippen molar-refractivity contribution in [1.82, 2.24) is 10.2 Å². The summed E-state index contributed by atoms with van der Waals surface area (Å²) >= 11 is 9.81. The lowest BCUT2D eigenvalue weighted by atomic mass is 10.1. The van der Waals surface area contributed by atoms with Crippen molar-refractivity contribution in [2.24, 2.45) is 0 Å². The van der Waals surface area contributed by atoms with Gasteiger partial charge in [0.15, 0.2) is 0 Å². The van der Waals surface area contributed by atoms with E-state index in [1.54, 1.807) is 11.3 Å². The van der Waals surface area contributed by atoms with Crippen LogP contribution in [0.25, 0.3) is 0 Å². The zero-order valence-electron chi connectivity index (χ0n) is 9.47. The summed E-state index contributed by atoms with van der Waals surface area (Å²) in [6, 6.07) is 9.99. The quantitative estimate of drug-likeness (QED) is 0.782. The zero-order chi connectivity index (χ0) is 12.1. The van der Waals surface area contributed by atoms with Gasteiger partial charge in [-0.15, -0.1) is 21.8 Å². The van der Waals surface area contributed by atoms with Gasteiger partial charge in [0.25, 0.3) is 0 Å². The number of hydrogen-bond donors (Lipinski definition) is 0. The Morgan fingerprint density at radius 2 is 2.06 bits per heavy atom. The first-order chi connectivity index (χ1) is 8.31. The van der Waals surface area contributed by atoms with Gasteiger partial charge in [-0.25, -0.2) is 0 Å². The van der Waals surface area contributed by atoms with Crippen LogP contribution >= 0.6 is 34.7 Å². The molecule has 2 nitrogen and oxygen atoms in total. The van der Waals surface area contributed by atoms with Crippen molar-refractivity contribution in [2.45, 2.75) is 11.8 Å². The maximum Gasteiger partial charge on any atom is 0.139 e. The van der Waals surface area contributed by atoms with E-state index in [0.29, 0.717) is 0 Å². The molecule has 0 amide bonds. The van der Waals surface area contributed by atoms with Gasteiger partial charge in [0.05, 0.1) is 0 Å². The number of thioether (sulfide) groups is 1. The molecular formula is C12H13ClN2S2. The summed E-state index contributed by atoms with van der Waals surface area (Å²) in [7, 11) is 0. The molecule has 2 aromatic rings. The number of hydrogen-bond acceptors (Lipinski definition) is 4. The molecule has 17 heavy (non-hydrogen) atoms. The first kappa shape index (κ1) is 12.9. The molecule has 1 unspecified atom stereocenters. The SMILES string of the molecule is CSCCc1nnc(C(Cl)c2ccccc2)s1. The van der Waals surface area contributed by atoms with Gasteiger partial charge >= 0.3 is 0 Å². The molecule has 1 atom stereocenters. The molecular weight excluding hydrogens is 272 g/mol. The van der Waals surface area contributed by atoms with E-state index in [1.807, 2.05) is 42.1 Å². The van der Waals surface area contributed by atoms with E-state index in [2.05, 4.69) is 16.5 Å². The smallest absolute Gasteiger partial charge is 0.139 e. The Balaban J connectivity index is 2.09. The van der Waals surface area contributed by atoms with Crippen molar-refractivity contribution in [3.8, 4) is 0 Å². The summed E-state index contributed by atoms with van der Waals surface area (Å²) in [6.07, 6.45) is 3.06. The summed E-state index contributed by atoms with van der Waals surface area (Å²) in [5.74, 6) is 1.08. The standard InChI is InChI=1S/C12H13ClN2S2/c1-16-8-7-10-14-15-12(17-10)11(13)9-5-3-2-4-6-9/h2-6,11H,7-8H2,1H3. The van der Waals surface area contributed by atoms with Crippen molar-refractivity contribution < 1.29 is 0 Å². The average molecular weight is 285 g/mol. The Bertz CT molecular complexity index is 459. The fraction of sp³-hybridized carbons (Fsp3) is 0.333. The van der Waals surface area contributed by atoms with E-state index in [9.17, 15) is 0 Å². The highest BCUT2D eigenvalue weighted by atomic mass is 35.5. The van der Waals surface area contributed by atoms with Crippen LogP contribution in [0, 0.1) is 0 Å². The number of alkyl halides is 1. The molecule has 0 N–H and O–H groups in total.